The van der Waals surface area contributed by atoms with E-state index in [2.05, 4.69) is 11.2 Å². The summed E-state index contributed by atoms with van der Waals surface area (Å²) < 4.78 is 0. The number of carbonyl (C=O) groups excluding carboxylic acids is 1. The molecule has 0 atom stereocenters. The van der Waals surface area contributed by atoms with Crippen LogP contribution in [0.3, 0.4) is 0 Å². The Labute approximate surface area is 82.0 Å². The third kappa shape index (κ3) is 2.92. The molecule has 3 heteroatoms. The van der Waals surface area contributed by atoms with Gasteiger partial charge in [0.1, 0.15) is 0 Å². The van der Waals surface area contributed by atoms with E-state index < -0.39 is 0 Å². The van der Waals surface area contributed by atoms with E-state index >= 15 is 0 Å². The average molecular weight is 193 g/mol. The lowest BCUT2D eigenvalue weighted by Gasteiger charge is -1.98. The molecule has 0 aliphatic rings. The highest BCUT2D eigenvalue weighted by Gasteiger charge is 2.05. The van der Waals surface area contributed by atoms with Gasteiger partial charge in [-0.25, -0.2) is 0 Å². The summed E-state index contributed by atoms with van der Waals surface area (Å²) in [7, 11) is 0. The van der Waals surface area contributed by atoms with Crippen molar-refractivity contribution in [3.05, 3.63) is 21.9 Å². The molecule has 1 heterocycles. The quantitative estimate of drug-likeness (QED) is 0.575. The van der Waals surface area contributed by atoms with Gasteiger partial charge in [0.25, 0.3) is 5.91 Å². The number of terminal acetylenes is 1. The highest BCUT2D eigenvalue weighted by Crippen LogP contribution is 2.14. The summed E-state index contributed by atoms with van der Waals surface area (Å²) in [5, 5.41) is 2.74. The molecular weight excluding hydrogens is 182 g/mol. The zero-order valence-corrected chi connectivity index (χ0v) is 8.28. The third-order valence-corrected chi connectivity index (χ3v) is 2.52. The Morgan fingerprint density at radius 1 is 1.69 bits per heavy atom. The van der Waals surface area contributed by atoms with Crippen LogP contribution in [0, 0.1) is 19.3 Å². The Bertz CT molecular complexity index is 335. The zero-order chi connectivity index (χ0) is 9.68. The van der Waals surface area contributed by atoms with Crippen molar-refractivity contribution in [1.82, 2.24) is 5.32 Å². The molecule has 1 N–H and O–H groups in total. The fraction of sp³-hybridized carbons (Fsp3) is 0.300. The molecule has 0 aliphatic carbocycles. The zero-order valence-electron chi connectivity index (χ0n) is 7.46. The normalized spacial score (nSPS) is 9.23. The molecule has 0 fully saturated rings. The van der Waals surface area contributed by atoms with Crippen molar-refractivity contribution in [2.45, 2.75) is 13.3 Å². The molecule has 0 saturated heterocycles. The minimum absolute atomic E-state index is 0.0339. The number of hydrogen-bond acceptors (Lipinski definition) is 2. The standard InChI is InChI=1S/C10H11NOS/c1-3-4-7-11-10(12)9-6-5-8(2)13-9/h1,5-6H,4,7H2,2H3,(H,11,12). The van der Waals surface area contributed by atoms with Gasteiger partial charge in [0.05, 0.1) is 4.88 Å². The number of rotatable bonds is 3. The van der Waals surface area contributed by atoms with E-state index in [1.807, 2.05) is 19.1 Å². The van der Waals surface area contributed by atoms with Crippen molar-refractivity contribution in [3.8, 4) is 12.3 Å². The van der Waals surface area contributed by atoms with E-state index in [0.29, 0.717) is 13.0 Å². The van der Waals surface area contributed by atoms with Gasteiger partial charge < -0.3 is 5.32 Å². The molecule has 13 heavy (non-hydrogen) atoms. The fourth-order valence-corrected chi connectivity index (χ4v) is 1.68. The van der Waals surface area contributed by atoms with Gasteiger partial charge in [-0.1, -0.05) is 0 Å². The fourth-order valence-electron chi connectivity index (χ4n) is 0.892. The van der Waals surface area contributed by atoms with Crippen molar-refractivity contribution >= 4 is 17.2 Å². The van der Waals surface area contributed by atoms with Crippen LogP contribution < -0.4 is 5.32 Å². The Morgan fingerprint density at radius 2 is 2.46 bits per heavy atom. The summed E-state index contributed by atoms with van der Waals surface area (Å²) in [5.41, 5.74) is 0. The molecule has 0 unspecified atom stereocenters. The van der Waals surface area contributed by atoms with Gasteiger partial charge >= 0.3 is 0 Å². The van der Waals surface area contributed by atoms with Gasteiger partial charge in [-0.2, -0.15) is 0 Å². The van der Waals surface area contributed by atoms with E-state index in [-0.39, 0.29) is 5.91 Å². The number of hydrogen-bond donors (Lipinski definition) is 1. The monoisotopic (exact) mass is 193 g/mol. The summed E-state index contributed by atoms with van der Waals surface area (Å²) in [5.74, 6) is 2.43. The number of aryl methyl sites for hydroxylation is 1. The Morgan fingerprint density at radius 3 is 3.00 bits per heavy atom. The molecule has 0 saturated carbocycles. The van der Waals surface area contributed by atoms with Crippen molar-refractivity contribution in [2.75, 3.05) is 6.54 Å². The lowest BCUT2D eigenvalue weighted by atomic mass is 10.4. The predicted molar refractivity (Wildman–Crippen MR) is 54.8 cm³/mol. The van der Waals surface area contributed by atoms with Crippen LogP contribution in [0.5, 0.6) is 0 Å². The molecule has 1 aromatic rings. The SMILES string of the molecule is C#CCCNC(=O)c1ccc(C)s1. The smallest absolute Gasteiger partial charge is 0.261 e. The van der Waals surface area contributed by atoms with E-state index in [9.17, 15) is 4.79 Å². The molecule has 0 bridgehead atoms. The van der Waals surface area contributed by atoms with Crippen LogP contribution >= 0.6 is 11.3 Å². The van der Waals surface area contributed by atoms with Crippen LogP contribution in [0.25, 0.3) is 0 Å². The Kier molecular flexibility index (Phi) is 3.53. The predicted octanol–water partition coefficient (Wildman–Crippen LogP) is 1.81. The van der Waals surface area contributed by atoms with Crippen LogP contribution in [-0.2, 0) is 0 Å². The second kappa shape index (κ2) is 4.68. The summed E-state index contributed by atoms with van der Waals surface area (Å²) in [6.07, 6.45) is 5.64. The second-order valence-corrected chi connectivity index (χ2v) is 3.91. The number of amides is 1. The summed E-state index contributed by atoms with van der Waals surface area (Å²) in [4.78, 5) is 13.2. The first kappa shape index (κ1) is 9.82. The van der Waals surface area contributed by atoms with Crippen LogP contribution in [-0.4, -0.2) is 12.5 Å². The number of carbonyl (C=O) groups is 1. The maximum absolute atomic E-state index is 11.4. The van der Waals surface area contributed by atoms with Gasteiger partial charge in [0.15, 0.2) is 0 Å². The van der Waals surface area contributed by atoms with Crippen molar-refractivity contribution in [1.29, 1.82) is 0 Å². The molecule has 1 amide bonds. The lowest BCUT2D eigenvalue weighted by Crippen LogP contribution is -2.23. The Balaban J connectivity index is 2.45. The summed E-state index contributed by atoms with van der Waals surface area (Å²) in [6.45, 7) is 2.52. The van der Waals surface area contributed by atoms with Gasteiger partial charge in [-0.05, 0) is 19.1 Å². The molecule has 1 rings (SSSR count). The molecule has 2 nitrogen and oxygen atoms in total. The Hall–Kier alpha value is -1.27. The van der Waals surface area contributed by atoms with E-state index in [1.54, 1.807) is 0 Å². The van der Waals surface area contributed by atoms with E-state index in [0.717, 1.165) is 9.75 Å². The minimum Gasteiger partial charge on any atom is -0.350 e. The van der Waals surface area contributed by atoms with E-state index in [4.69, 9.17) is 6.42 Å². The third-order valence-electron chi connectivity index (χ3n) is 1.52. The van der Waals surface area contributed by atoms with Crippen LogP contribution in [0.1, 0.15) is 21.0 Å². The molecule has 1 aromatic heterocycles. The summed E-state index contributed by atoms with van der Waals surface area (Å²) >= 11 is 1.49. The van der Waals surface area contributed by atoms with Crippen molar-refractivity contribution < 1.29 is 4.79 Å². The lowest BCUT2D eigenvalue weighted by molar-refractivity contribution is 0.0958. The average Bonchev–Trinajstić information content (AvgIpc) is 2.52. The van der Waals surface area contributed by atoms with Gasteiger partial charge in [-0.3, -0.25) is 4.79 Å². The highest BCUT2D eigenvalue weighted by atomic mass is 32.1. The summed E-state index contributed by atoms with van der Waals surface area (Å²) in [6, 6.07) is 3.76. The topological polar surface area (TPSA) is 29.1 Å². The largest absolute Gasteiger partial charge is 0.350 e. The van der Waals surface area contributed by atoms with Crippen LogP contribution in [0.4, 0.5) is 0 Å². The maximum Gasteiger partial charge on any atom is 0.261 e. The van der Waals surface area contributed by atoms with Gasteiger partial charge in [0.2, 0.25) is 0 Å². The van der Waals surface area contributed by atoms with Gasteiger partial charge in [0, 0.05) is 17.8 Å². The second-order valence-electron chi connectivity index (χ2n) is 2.62. The molecule has 68 valence electrons. The minimum atomic E-state index is -0.0339. The van der Waals surface area contributed by atoms with E-state index in [1.165, 1.54) is 11.3 Å². The molecule has 0 radical (unpaired) electrons. The van der Waals surface area contributed by atoms with Crippen LogP contribution in [0.2, 0.25) is 0 Å². The molecular formula is C10H11NOS. The number of nitrogens with one attached hydrogen (secondary N) is 1. The van der Waals surface area contributed by atoms with Crippen molar-refractivity contribution in [3.63, 3.8) is 0 Å². The first-order valence-corrected chi connectivity index (χ1v) is 4.84. The first-order chi connectivity index (χ1) is 6.24. The van der Waals surface area contributed by atoms with Crippen molar-refractivity contribution in [2.24, 2.45) is 0 Å². The maximum atomic E-state index is 11.4. The van der Waals surface area contributed by atoms with Crippen LogP contribution in [0.15, 0.2) is 12.1 Å². The number of thiophene rings is 1. The molecule has 0 spiro atoms. The first-order valence-electron chi connectivity index (χ1n) is 4.02. The highest BCUT2D eigenvalue weighted by molar-refractivity contribution is 7.13. The molecule has 0 aliphatic heterocycles. The van der Waals surface area contributed by atoms with Gasteiger partial charge in [-0.15, -0.1) is 23.7 Å². The molecule has 0 aromatic carbocycles.